The summed E-state index contributed by atoms with van der Waals surface area (Å²) in [6.45, 7) is 8.27. The van der Waals surface area contributed by atoms with Crippen molar-refractivity contribution in [1.82, 2.24) is 0 Å². The average Bonchev–Trinajstić information content (AvgIpc) is 3.53. The molecule has 4 rings (SSSR count). The third kappa shape index (κ3) is 4.27. The molecule has 29 heavy (non-hydrogen) atoms. The topological polar surface area (TPSA) is 71.6 Å². The summed E-state index contributed by atoms with van der Waals surface area (Å²) in [5.74, 6) is -0.473. The first-order valence-corrected chi connectivity index (χ1v) is 10.7. The first-order valence-electron chi connectivity index (χ1n) is 10.7. The van der Waals surface area contributed by atoms with Gasteiger partial charge in [0.05, 0.1) is 23.4 Å². The molecule has 0 spiro atoms. The average molecular weight is 401 g/mol. The van der Waals surface area contributed by atoms with Crippen molar-refractivity contribution in [3.63, 3.8) is 0 Å². The number of benzene rings is 1. The molecule has 0 unspecified atom stereocenters. The van der Waals surface area contributed by atoms with Crippen LogP contribution in [0.2, 0.25) is 0 Å². The van der Waals surface area contributed by atoms with Gasteiger partial charge in [0.2, 0.25) is 0 Å². The molecule has 0 amide bonds. The fourth-order valence-corrected chi connectivity index (χ4v) is 4.96. The maximum atomic E-state index is 12.6. The Morgan fingerprint density at radius 2 is 1.93 bits per heavy atom. The van der Waals surface area contributed by atoms with E-state index in [-0.39, 0.29) is 35.2 Å². The van der Waals surface area contributed by atoms with E-state index >= 15 is 0 Å². The number of ether oxygens (including phenoxy) is 3. The van der Waals surface area contributed by atoms with E-state index in [0.717, 1.165) is 18.4 Å². The number of carbonyl (C=O) groups excluding carboxylic acids is 1. The van der Waals surface area contributed by atoms with Crippen molar-refractivity contribution in [3.8, 4) is 0 Å². The van der Waals surface area contributed by atoms with Crippen LogP contribution < -0.4 is 0 Å². The van der Waals surface area contributed by atoms with Crippen molar-refractivity contribution in [2.24, 2.45) is 11.8 Å². The Kier molecular flexibility index (Phi) is 5.34. The largest absolute Gasteiger partial charge is 0.459 e. The number of aliphatic hydroxyl groups excluding tert-OH is 1. The minimum Gasteiger partial charge on any atom is -0.459 e. The molecule has 2 heterocycles. The predicted octanol–water partition coefficient (Wildman–Crippen LogP) is 3.74. The van der Waals surface area contributed by atoms with Crippen LogP contribution >= 0.6 is 0 Å². The van der Waals surface area contributed by atoms with Gasteiger partial charge >= 0.3 is 5.97 Å². The van der Waals surface area contributed by atoms with Gasteiger partial charge in [-0.2, -0.15) is 0 Å². The molecule has 2 saturated heterocycles. The standard InChI is InChI=1S/C24H32O5/c1-15(2)20-17(27-19(25)11-10-16-8-6-5-7-9-16)14-24(4)18(28-24)12-13-23(3)22(29-23)21(20)26/h5-11,15,17-18,20-22,26H,12-14H2,1-4H3/t17-,18-,20+,21-,22-,23+,24+/m0/s1. The van der Waals surface area contributed by atoms with E-state index in [2.05, 4.69) is 27.7 Å². The molecule has 5 heteroatoms. The lowest BCUT2D eigenvalue weighted by atomic mass is 9.76. The van der Waals surface area contributed by atoms with Gasteiger partial charge in [-0.25, -0.2) is 4.79 Å². The van der Waals surface area contributed by atoms with E-state index in [1.807, 2.05) is 30.3 Å². The first-order chi connectivity index (χ1) is 13.7. The Balaban J connectivity index is 1.54. The Morgan fingerprint density at radius 3 is 2.62 bits per heavy atom. The van der Waals surface area contributed by atoms with E-state index in [1.165, 1.54) is 6.08 Å². The number of aliphatic hydroxyl groups is 1. The second kappa shape index (κ2) is 7.53. The molecule has 1 aromatic carbocycles. The number of rotatable bonds is 4. The van der Waals surface area contributed by atoms with Gasteiger partial charge in [0.1, 0.15) is 12.2 Å². The van der Waals surface area contributed by atoms with E-state index in [9.17, 15) is 9.90 Å². The van der Waals surface area contributed by atoms with Gasteiger partial charge in [0.15, 0.2) is 0 Å². The third-order valence-corrected chi connectivity index (χ3v) is 6.87. The molecule has 1 saturated carbocycles. The SMILES string of the molecule is CC(C)[C@H]1[C@H](O)[C@@H]2O[C@]2(C)CC[C@@H]2O[C@]2(C)C[C@@H]1OC(=O)C=Cc1ccccc1. The van der Waals surface area contributed by atoms with Crippen LogP contribution in [-0.2, 0) is 19.0 Å². The zero-order valence-corrected chi connectivity index (χ0v) is 17.7. The number of carbonyl (C=O) groups is 1. The zero-order valence-electron chi connectivity index (χ0n) is 17.7. The first kappa shape index (κ1) is 20.6. The van der Waals surface area contributed by atoms with E-state index in [4.69, 9.17) is 14.2 Å². The summed E-state index contributed by atoms with van der Waals surface area (Å²) >= 11 is 0. The van der Waals surface area contributed by atoms with Gasteiger partial charge < -0.3 is 19.3 Å². The minimum absolute atomic E-state index is 0.134. The molecule has 3 aliphatic rings. The van der Waals surface area contributed by atoms with Crippen LogP contribution in [-0.4, -0.2) is 46.7 Å². The Bertz CT molecular complexity index is 775. The fourth-order valence-electron chi connectivity index (χ4n) is 4.96. The minimum atomic E-state index is -0.671. The van der Waals surface area contributed by atoms with Crippen LogP contribution in [0.15, 0.2) is 36.4 Å². The summed E-state index contributed by atoms with van der Waals surface area (Å²) < 4.78 is 17.9. The second-order valence-electron chi connectivity index (χ2n) is 9.54. The molecule has 158 valence electrons. The quantitative estimate of drug-likeness (QED) is 0.474. The normalized spacial score (nSPS) is 41.5. The van der Waals surface area contributed by atoms with Crippen LogP contribution in [0.25, 0.3) is 6.08 Å². The highest BCUT2D eigenvalue weighted by Crippen LogP contribution is 2.52. The van der Waals surface area contributed by atoms with Crippen LogP contribution in [0, 0.1) is 11.8 Å². The van der Waals surface area contributed by atoms with Gasteiger partial charge in [-0.05, 0) is 44.2 Å². The Morgan fingerprint density at radius 1 is 1.21 bits per heavy atom. The van der Waals surface area contributed by atoms with Crippen LogP contribution in [0.3, 0.4) is 0 Å². The summed E-state index contributed by atoms with van der Waals surface area (Å²) in [6, 6.07) is 9.65. The lowest BCUT2D eigenvalue weighted by Gasteiger charge is -2.34. The highest BCUT2D eigenvalue weighted by atomic mass is 16.6. The van der Waals surface area contributed by atoms with Gasteiger partial charge in [-0.1, -0.05) is 44.2 Å². The molecule has 1 aliphatic carbocycles. The second-order valence-corrected chi connectivity index (χ2v) is 9.54. The zero-order chi connectivity index (χ0) is 20.8. The Hall–Kier alpha value is -1.69. The summed E-state index contributed by atoms with van der Waals surface area (Å²) in [6.07, 6.45) is 4.43. The Labute approximate surface area is 173 Å². The molecule has 0 radical (unpaired) electrons. The van der Waals surface area contributed by atoms with Crippen molar-refractivity contribution in [2.75, 3.05) is 0 Å². The highest BCUT2D eigenvalue weighted by Gasteiger charge is 2.63. The van der Waals surface area contributed by atoms with Gasteiger partial charge in [-0.15, -0.1) is 0 Å². The number of esters is 1. The van der Waals surface area contributed by atoms with Crippen molar-refractivity contribution >= 4 is 12.0 Å². The van der Waals surface area contributed by atoms with Crippen LogP contribution in [0.4, 0.5) is 0 Å². The predicted molar refractivity (Wildman–Crippen MR) is 110 cm³/mol. The molecular weight excluding hydrogens is 368 g/mol. The summed E-state index contributed by atoms with van der Waals surface area (Å²) in [4.78, 5) is 12.6. The molecule has 1 N–H and O–H groups in total. The fraction of sp³-hybridized carbons (Fsp3) is 0.625. The number of fused-ring (bicyclic) bond motifs is 2. The maximum absolute atomic E-state index is 12.6. The molecule has 7 atom stereocenters. The highest BCUT2D eigenvalue weighted by molar-refractivity contribution is 5.87. The van der Waals surface area contributed by atoms with Crippen LogP contribution in [0.5, 0.6) is 0 Å². The van der Waals surface area contributed by atoms with Gasteiger partial charge in [-0.3, -0.25) is 0 Å². The van der Waals surface area contributed by atoms with Crippen molar-refractivity contribution < 1.29 is 24.1 Å². The van der Waals surface area contributed by atoms with E-state index in [1.54, 1.807) is 6.08 Å². The monoisotopic (exact) mass is 400 g/mol. The molecule has 0 aromatic heterocycles. The number of hydrogen-bond acceptors (Lipinski definition) is 5. The molecular formula is C24H32O5. The lowest BCUT2D eigenvalue weighted by molar-refractivity contribution is -0.152. The summed E-state index contributed by atoms with van der Waals surface area (Å²) in [5, 5.41) is 11.1. The summed E-state index contributed by atoms with van der Waals surface area (Å²) in [7, 11) is 0. The molecule has 2 aliphatic heterocycles. The van der Waals surface area contributed by atoms with Crippen LogP contribution in [0.1, 0.15) is 52.5 Å². The molecule has 5 nitrogen and oxygen atoms in total. The van der Waals surface area contributed by atoms with Crippen molar-refractivity contribution in [2.45, 2.75) is 82.6 Å². The van der Waals surface area contributed by atoms with Crippen molar-refractivity contribution in [3.05, 3.63) is 42.0 Å². The molecule has 3 fully saturated rings. The van der Waals surface area contributed by atoms with E-state index < -0.39 is 18.2 Å². The smallest absolute Gasteiger partial charge is 0.331 e. The van der Waals surface area contributed by atoms with Crippen molar-refractivity contribution in [1.29, 1.82) is 0 Å². The molecule has 1 aromatic rings. The number of epoxide rings is 2. The third-order valence-electron chi connectivity index (χ3n) is 6.87. The lowest BCUT2D eigenvalue weighted by Crippen LogP contribution is -2.45. The van der Waals surface area contributed by atoms with Gasteiger partial charge in [0.25, 0.3) is 0 Å². The number of hydrogen-bond donors (Lipinski definition) is 1. The van der Waals surface area contributed by atoms with E-state index in [0.29, 0.717) is 6.42 Å². The maximum Gasteiger partial charge on any atom is 0.331 e. The summed E-state index contributed by atoms with van der Waals surface area (Å²) in [5.41, 5.74) is 0.327. The van der Waals surface area contributed by atoms with Gasteiger partial charge in [0, 0.05) is 18.4 Å². The molecule has 0 bridgehead atoms.